The second-order valence-corrected chi connectivity index (χ2v) is 12.8. The second-order valence-electron chi connectivity index (χ2n) is 12.8. The molecule has 8 bridgehead atoms. The van der Waals surface area contributed by atoms with Crippen LogP contribution in [-0.2, 0) is 46.2 Å². The lowest BCUT2D eigenvalue weighted by Crippen LogP contribution is -2.22. The van der Waals surface area contributed by atoms with Crippen LogP contribution < -0.4 is 5.32 Å². The molecule has 0 atom stereocenters. The third-order valence-electron chi connectivity index (χ3n) is 9.73. The molecule has 0 aliphatic carbocycles. The van der Waals surface area contributed by atoms with E-state index in [2.05, 4.69) is 35.2 Å². The number of hydrogen-bond acceptors (Lipinski definition) is 9. The summed E-state index contributed by atoms with van der Waals surface area (Å²) in [5.41, 5.74) is 12.3. The number of carbonyl (C=O) groups is 4. The highest BCUT2D eigenvalue weighted by Gasteiger charge is 2.30. The van der Waals surface area contributed by atoms with E-state index in [9.17, 15) is 19.2 Å². The van der Waals surface area contributed by atoms with E-state index in [1.54, 1.807) is 6.08 Å². The molecule has 2 aliphatic rings. The molecule has 0 saturated heterocycles. The molecule has 0 radical (unpaired) electrons. The average molecular weight is 708 g/mol. The van der Waals surface area contributed by atoms with Gasteiger partial charge in [0, 0.05) is 53.6 Å². The molecule has 12 nitrogen and oxygen atoms in total. The molecule has 5 rings (SSSR count). The molecular formula is C40H45N5O7. The topological polar surface area (TPSA) is 165 Å². The molecule has 1 amide bonds. The number of ether oxygens (including phenoxy) is 3. The number of H-pyrrole nitrogens is 2. The Hall–Kier alpha value is -5.78. The highest BCUT2D eigenvalue weighted by molar-refractivity contribution is 6.26. The van der Waals surface area contributed by atoms with Crippen LogP contribution in [0.1, 0.15) is 91.1 Å². The number of rotatable bonds is 10. The van der Waals surface area contributed by atoms with E-state index in [1.807, 2.05) is 32.9 Å². The van der Waals surface area contributed by atoms with Crippen LogP contribution in [0.3, 0.4) is 0 Å². The largest absolute Gasteiger partial charge is 0.469 e. The van der Waals surface area contributed by atoms with E-state index in [1.165, 1.54) is 34.3 Å². The van der Waals surface area contributed by atoms with Gasteiger partial charge in [-0.05, 0) is 110 Å². The van der Waals surface area contributed by atoms with Crippen LogP contribution in [0.4, 0.5) is 0 Å². The fourth-order valence-corrected chi connectivity index (χ4v) is 6.80. The summed E-state index contributed by atoms with van der Waals surface area (Å²) in [4.78, 5) is 67.6. The first kappa shape index (κ1) is 37.5. The van der Waals surface area contributed by atoms with Gasteiger partial charge in [0.1, 0.15) is 0 Å². The number of aryl methyl sites for hydroxylation is 3. The molecule has 12 heteroatoms. The van der Waals surface area contributed by atoms with Crippen LogP contribution in [0, 0.1) is 13.8 Å². The van der Waals surface area contributed by atoms with Crippen molar-refractivity contribution in [3.8, 4) is 0 Å². The summed E-state index contributed by atoms with van der Waals surface area (Å²) in [6.07, 6.45) is 4.47. The first-order valence-electron chi connectivity index (χ1n) is 17.2. The number of aromatic amines is 2. The van der Waals surface area contributed by atoms with Gasteiger partial charge in [-0.2, -0.15) is 0 Å². The Morgan fingerprint density at radius 3 is 2.02 bits per heavy atom. The number of amides is 1. The maximum absolute atomic E-state index is 13.5. The minimum absolute atomic E-state index is 0.0713. The Morgan fingerprint density at radius 2 is 1.38 bits per heavy atom. The zero-order valence-corrected chi connectivity index (χ0v) is 31.2. The third kappa shape index (κ3) is 7.32. The molecule has 0 saturated carbocycles. The Balaban J connectivity index is 2.02. The molecule has 272 valence electrons. The van der Waals surface area contributed by atoms with E-state index < -0.39 is 17.9 Å². The quantitative estimate of drug-likeness (QED) is 0.124. The van der Waals surface area contributed by atoms with Gasteiger partial charge >= 0.3 is 17.9 Å². The molecule has 0 aromatic carbocycles. The normalized spacial score (nSPS) is 12.8. The zero-order chi connectivity index (χ0) is 37.9. The fraction of sp³-hybridized carbons (Fsp3) is 0.350. The number of nitrogens with one attached hydrogen (secondary N) is 3. The van der Waals surface area contributed by atoms with E-state index in [0.29, 0.717) is 41.2 Å². The average Bonchev–Trinajstić information content (AvgIpc) is 3.80. The standard InChI is InChI=1S/C40H45N5O7/c1-10-25-20(2)30-18-34-26(15-16-41-24(6)46)21(3)29(43-34)17-31-22(4)27(11-13-35(47)50-7)38(44-31)28(12-14-36(48)51-8)39-37(40(49)52-9)23(5)32(45-39)19-33(25)42-30/h12,14,17-19,42-43H,10-11,13,15-16H2,1-9H3,(H,41,46)/b14-12+,29-17?,30-18?,31-17?,32-19?,33-19?,34-18?,38-28?,39-28?. The van der Waals surface area contributed by atoms with Crippen molar-refractivity contribution in [2.45, 2.75) is 67.2 Å². The molecule has 3 aromatic heterocycles. The van der Waals surface area contributed by atoms with Crippen LogP contribution >= 0.6 is 0 Å². The summed E-state index contributed by atoms with van der Waals surface area (Å²) in [6.45, 7) is 11.9. The molecule has 5 heterocycles. The minimum Gasteiger partial charge on any atom is -0.469 e. The fourth-order valence-electron chi connectivity index (χ4n) is 6.80. The van der Waals surface area contributed by atoms with E-state index in [0.717, 1.165) is 61.9 Å². The highest BCUT2D eigenvalue weighted by atomic mass is 16.5. The van der Waals surface area contributed by atoms with Crippen LogP contribution in [0.5, 0.6) is 0 Å². The minimum atomic E-state index is -0.611. The molecule has 2 aliphatic heterocycles. The van der Waals surface area contributed by atoms with Gasteiger partial charge in [-0.25, -0.2) is 19.6 Å². The van der Waals surface area contributed by atoms with Crippen LogP contribution in [0.25, 0.3) is 50.4 Å². The van der Waals surface area contributed by atoms with Gasteiger partial charge in [-0.3, -0.25) is 9.59 Å². The van der Waals surface area contributed by atoms with Crippen molar-refractivity contribution in [1.29, 1.82) is 0 Å². The zero-order valence-electron chi connectivity index (χ0n) is 31.2. The van der Waals surface area contributed by atoms with Crippen molar-refractivity contribution in [3.63, 3.8) is 0 Å². The number of carbonyl (C=O) groups excluding carboxylic acids is 4. The van der Waals surface area contributed by atoms with Gasteiger partial charge in [0.2, 0.25) is 5.91 Å². The summed E-state index contributed by atoms with van der Waals surface area (Å²) in [5, 5.41) is 2.91. The van der Waals surface area contributed by atoms with Gasteiger partial charge in [-0.15, -0.1) is 0 Å². The molecule has 3 aromatic rings. The first-order valence-corrected chi connectivity index (χ1v) is 17.2. The second kappa shape index (κ2) is 15.6. The molecule has 0 unspecified atom stereocenters. The number of hydrogen-bond donors (Lipinski definition) is 3. The highest BCUT2D eigenvalue weighted by Crippen LogP contribution is 2.40. The lowest BCUT2D eigenvalue weighted by atomic mass is 9.95. The van der Waals surface area contributed by atoms with Gasteiger partial charge in [0.05, 0.1) is 49.7 Å². The number of methoxy groups -OCH3 is 3. The summed E-state index contributed by atoms with van der Waals surface area (Å²) in [7, 11) is 3.93. The number of allylic oxidation sites excluding steroid dienone is 3. The van der Waals surface area contributed by atoms with Crippen LogP contribution in [0.2, 0.25) is 0 Å². The summed E-state index contributed by atoms with van der Waals surface area (Å²) < 4.78 is 15.2. The smallest absolute Gasteiger partial charge is 0.340 e. The summed E-state index contributed by atoms with van der Waals surface area (Å²) >= 11 is 0. The van der Waals surface area contributed by atoms with Crippen LogP contribution in [-0.4, -0.2) is 71.6 Å². The number of aromatic nitrogens is 4. The third-order valence-corrected chi connectivity index (χ3v) is 9.73. The van der Waals surface area contributed by atoms with Crippen molar-refractivity contribution in [3.05, 3.63) is 74.9 Å². The summed E-state index contributed by atoms with van der Waals surface area (Å²) in [6, 6.07) is 5.97. The van der Waals surface area contributed by atoms with Crippen LogP contribution in [0.15, 0.2) is 24.3 Å². The molecule has 52 heavy (non-hydrogen) atoms. The summed E-state index contributed by atoms with van der Waals surface area (Å²) in [5.74, 6) is -1.70. The van der Waals surface area contributed by atoms with Gasteiger partial charge in [-0.1, -0.05) is 6.92 Å². The predicted octanol–water partition coefficient (Wildman–Crippen LogP) is 6.35. The Bertz CT molecular complexity index is 2250. The molecule has 0 fully saturated rings. The Morgan fingerprint density at radius 1 is 0.769 bits per heavy atom. The number of nitrogens with zero attached hydrogens (tertiary/aromatic N) is 2. The Labute approximate surface area is 302 Å². The SMILES string of the molecule is CCc1c(C)c2cc3[nH]c(cc4nc(c(/C=C/C(=O)OC)c5nc(cc1[nH]2)C(C)=C5C(=O)OC)C(CCC(=O)OC)=C4C)c(C)c3CCNC(C)=O. The van der Waals surface area contributed by atoms with Crippen molar-refractivity contribution in [1.82, 2.24) is 25.3 Å². The van der Waals surface area contributed by atoms with Gasteiger partial charge in [0.25, 0.3) is 0 Å². The van der Waals surface area contributed by atoms with Crippen molar-refractivity contribution < 1.29 is 33.4 Å². The van der Waals surface area contributed by atoms with Gasteiger partial charge in [0.15, 0.2) is 0 Å². The molecule has 0 spiro atoms. The monoisotopic (exact) mass is 707 g/mol. The molecular weight excluding hydrogens is 662 g/mol. The first-order chi connectivity index (χ1) is 24.8. The number of esters is 3. The maximum atomic E-state index is 13.5. The van der Waals surface area contributed by atoms with Crippen molar-refractivity contribution in [2.75, 3.05) is 27.9 Å². The Kier molecular flexibility index (Phi) is 11.3. The molecule has 3 N–H and O–H groups in total. The van der Waals surface area contributed by atoms with Crippen molar-refractivity contribution >= 4 is 74.3 Å². The van der Waals surface area contributed by atoms with E-state index in [-0.39, 0.29) is 30.0 Å². The lowest BCUT2D eigenvalue weighted by molar-refractivity contribution is -0.140. The van der Waals surface area contributed by atoms with E-state index in [4.69, 9.17) is 24.2 Å². The van der Waals surface area contributed by atoms with E-state index >= 15 is 0 Å². The number of fused-ring (bicyclic) bond motifs is 8. The van der Waals surface area contributed by atoms with Crippen molar-refractivity contribution in [2.24, 2.45) is 0 Å². The lowest BCUT2D eigenvalue weighted by Gasteiger charge is -2.09. The van der Waals surface area contributed by atoms with Gasteiger partial charge < -0.3 is 29.5 Å². The maximum Gasteiger partial charge on any atom is 0.340 e. The predicted molar refractivity (Wildman–Crippen MR) is 202 cm³/mol.